The van der Waals surface area contributed by atoms with Crippen molar-refractivity contribution in [3.05, 3.63) is 47.5 Å². The van der Waals surface area contributed by atoms with E-state index in [1.807, 2.05) is 32.0 Å². The molecule has 0 radical (unpaired) electrons. The fourth-order valence-electron chi connectivity index (χ4n) is 3.90. The first-order valence-electron chi connectivity index (χ1n) is 11.1. The summed E-state index contributed by atoms with van der Waals surface area (Å²) < 4.78 is 16.0. The SMILES string of the molecule is CCC(C)C(NC(=O)N1CCc2cc(OC)c(OC)cc2C1)C(=O)Nc1cccc(OC)c1. The van der Waals surface area contributed by atoms with Crippen LogP contribution in [0.4, 0.5) is 10.5 Å². The average Bonchev–Trinajstić information content (AvgIpc) is 2.85. The summed E-state index contributed by atoms with van der Waals surface area (Å²) in [5.74, 6) is 1.67. The van der Waals surface area contributed by atoms with E-state index in [0.717, 1.165) is 17.5 Å². The second-order valence-electron chi connectivity index (χ2n) is 8.18. The number of amides is 3. The lowest BCUT2D eigenvalue weighted by Crippen LogP contribution is -2.53. The number of anilines is 1. The van der Waals surface area contributed by atoms with Crippen molar-refractivity contribution in [1.29, 1.82) is 0 Å². The zero-order valence-corrected chi connectivity index (χ0v) is 19.9. The number of ether oxygens (including phenoxy) is 3. The van der Waals surface area contributed by atoms with Crippen LogP contribution >= 0.6 is 0 Å². The van der Waals surface area contributed by atoms with Crippen LogP contribution in [0.1, 0.15) is 31.4 Å². The first-order chi connectivity index (χ1) is 15.9. The molecule has 0 aliphatic carbocycles. The Morgan fingerprint density at radius 1 is 1.03 bits per heavy atom. The molecule has 178 valence electrons. The van der Waals surface area contributed by atoms with Gasteiger partial charge in [-0.25, -0.2) is 4.79 Å². The highest BCUT2D eigenvalue weighted by molar-refractivity contribution is 5.97. The van der Waals surface area contributed by atoms with Crippen LogP contribution in [0.2, 0.25) is 0 Å². The van der Waals surface area contributed by atoms with Crippen molar-refractivity contribution < 1.29 is 23.8 Å². The Bertz CT molecular complexity index is 994. The van der Waals surface area contributed by atoms with Gasteiger partial charge in [-0.2, -0.15) is 0 Å². The molecule has 2 aromatic rings. The van der Waals surface area contributed by atoms with Crippen LogP contribution in [0, 0.1) is 5.92 Å². The van der Waals surface area contributed by atoms with Gasteiger partial charge in [-0.15, -0.1) is 0 Å². The number of methoxy groups -OCH3 is 3. The summed E-state index contributed by atoms with van der Waals surface area (Å²) in [6, 6.07) is 10.1. The highest BCUT2D eigenvalue weighted by Gasteiger charge is 2.30. The highest BCUT2D eigenvalue weighted by Crippen LogP contribution is 2.33. The molecule has 1 aliphatic heterocycles. The lowest BCUT2D eigenvalue weighted by Gasteiger charge is -2.32. The maximum atomic E-state index is 13.1. The maximum absolute atomic E-state index is 13.1. The molecule has 0 saturated carbocycles. The molecule has 0 aromatic heterocycles. The van der Waals surface area contributed by atoms with Gasteiger partial charge in [0, 0.05) is 24.8 Å². The zero-order chi connectivity index (χ0) is 24.0. The summed E-state index contributed by atoms with van der Waals surface area (Å²) in [6.45, 7) is 4.95. The summed E-state index contributed by atoms with van der Waals surface area (Å²) in [5, 5.41) is 5.86. The van der Waals surface area contributed by atoms with Gasteiger partial charge in [0.2, 0.25) is 5.91 Å². The molecule has 3 amide bonds. The zero-order valence-electron chi connectivity index (χ0n) is 19.9. The Balaban J connectivity index is 1.72. The molecule has 0 spiro atoms. The van der Waals surface area contributed by atoms with Gasteiger partial charge in [-0.05, 0) is 47.7 Å². The number of hydrogen-bond donors (Lipinski definition) is 2. The molecule has 0 saturated heterocycles. The minimum atomic E-state index is -0.666. The number of nitrogens with one attached hydrogen (secondary N) is 2. The van der Waals surface area contributed by atoms with Crippen molar-refractivity contribution in [2.75, 3.05) is 33.2 Å². The van der Waals surface area contributed by atoms with E-state index in [-0.39, 0.29) is 17.9 Å². The quantitative estimate of drug-likeness (QED) is 0.632. The third kappa shape index (κ3) is 5.69. The van der Waals surface area contributed by atoms with Gasteiger partial charge in [-0.3, -0.25) is 4.79 Å². The van der Waals surface area contributed by atoms with Crippen molar-refractivity contribution >= 4 is 17.6 Å². The Labute approximate surface area is 195 Å². The smallest absolute Gasteiger partial charge is 0.318 e. The van der Waals surface area contributed by atoms with Crippen LogP contribution in [0.3, 0.4) is 0 Å². The first kappa shape index (κ1) is 24.2. The molecule has 2 atom stereocenters. The van der Waals surface area contributed by atoms with Gasteiger partial charge in [0.15, 0.2) is 11.5 Å². The van der Waals surface area contributed by atoms with Crippen LogP contribution in [0.15, 0.2) is 36.4 Å². The van der Waals surface area contributed by atoms with Crippen molar-refractivity contribution in [2.24, 2.45) is 5.92 Å². The predicted octanol–water partition coefficient (Wildman–Crippen LogP) is 3.83. The first-order valence-corrected chi connectivity index (χ1v) is 11.1. The van der Waals surface area contributed by atoms with Crippen molar-refractivity contribution in [3.63, 3.8) is 0 Å². The van der Waals surface area contributed by atoms with E-state index in [9.17, 15) is 9.59 Å². The largest absolute Gasteiger partial charge is 0.497 e. The van der Waals surface area contributed by atoms with Crippen molar-refractivity contribution in [1.82, 2.24) is 10.2 Å². The molecule has 2 unspecified atom stereocenters. The summed E-state index contributed by atoms with van der Waals surface area (Å²) >= 11 is 0. The van der Waals surface area contributed by atoms with Crippen molar-refractivity contribution in [3.8, 4) is 17.2 Å². The summed E-state index contributed by atoms with van der Waals surface area (Å²) in [7, 11) is 4.78. The number of benzene rings is 2. The van der Waals surface area contributed by atoms with Gasteiger partial charge in [-0.1, -0.05) is 26.3 Å². The number of carbonyl (C=O) groups excluding carboxylic acids is 2. The van der Waals surface area contributed by atoms with Gasteiger partial charge in [0.1, 0.15) is 11.8 Å². The van der Waals surface area contributed by atoms with Gasteiger partial charge in [0.05, 0.1) is 21.3 Å². The molecule has 2 N–H and O–H groups in total. The number of rotatable bonds is 8. The maximum Gasteiger partial charge on any atom is 0.318 e. The Morgan fingerprint density at radius 2 is 1.73 bits per heavy atom. The standard InChI is InChI=1S/C25H33N3O5/c1-6-16(2)23(24(29)26-19-8-7-9-20(14-19)31-3)27-25(30)28-11-10-17-12-21(32-4)22(33-5)13-18(17)15-28/h7-9,12-14,16,23H,6,10-11,15H2,1-5H3,(H,26,29)(H,27,30). The molecule has 0 bridgehead atoms. The fourth-order valence-corrected chi connectivity index (χ4v) is 3.90. The highest BCUT2D eigenvalue weighted by atomic mass is 16.5. The Morgan fingerprint density at radius 3 is 2.36 bits per heavy atom. The molecule has 0 fully saturated rings. The fraction of sp³-hybridized carbons (Fsp3) is 0.440. The van der Waals surface area contributed by atoms with Gasteiger partial charge < -0.3 is 29.7 Å². The number of carbonyl (C=O) groups is 2. The topological polar surface area (TPSA) is 89.1 Å². The minimum absolute atomic E-state index is 0.0408. The van der Waals surface area contributed by atoms with Gasteiger partial charge >= 0.3 is 6.03 Å². The summed E-state index contributed by atoms with van der Waals surface area (Å²) in [5.41, 5.74) is 2.76. The molecule has 8 heteroatoms. The predicted molar refractivity (Wildman–Crippen MR) is 127 cm³/mol. The van der Waals surface area contributed by atoms with Crippen LogP contribution < -0.4 is 24.8 Å². The lowest BCUT2D eigenvalue weighted by atomic mass is 9.97. The van der Waals surface area contributed by atoms with Crippen LogP contribution in [0.25, 0.3) is 0 Å². The normalized spacial score (nSPS) is 14.5. The third-order valence-electron chi connectivity index (χ3n) is 6.12. The number of hydrogen-bond acceptors (Lipinski definition) is 5. The summed E-state index contributed by atoms with van der Waals surface area (Å²) in [4.78, 5) is 27.9. The van der Waals surface area contributed by atoms with Crippen LogP contribution in [0.5, 0.6) is 17.2 Å². The molecule has 33 heavy (non-hydrogen) atoms. The lowest BCUT2D eigenvalue weighted by molar-refractivity contribution is -0.119. The van der Waals surface area contributed by atoms with Crippen LogP contribution in [-0.2, 0) is 17.8 Å². The van der Waals surface area contributed by atoms with E-state index in [1.54, 1.807) is 44.4 Å². The molecular weight excluding hydrogens is 422 g/mol. The number of fused-ring (bicyclic) bond motifs is 1. The molecule has 3 rings (SSSR count). The molecule has 8 nitrogen and oxygen atoms in total. The number of nitrogens with zero attached hydrogens (tertiary/aromatic N) is 1. The second kappa shape index (κ2) is 10.9. The molecule has 1 aliphatic rings. The minimum Gasteiger partial charge on any atom is -0.497 e. The molecule has 1 heterocycles. The Kier molecular flexibility index (Phi) is 8.03. The second-order valence-corrected chi connectivity index (χ2v) is 8.18. The number of urea groups is 1. The average molecular weight is 456 g/mol. The van der Waals surface area contributed by atoms with E-state index in [0.29, 0.717) is 42.4 Å². The molecule has 2 aromatic carbocycles. The van der Waals surface area contributed by atoms with E-state index >= 15 is 0 Å². The summed E-state index contributed by atoms with van der Waals surface area (Å²) in [6.07, 6.45) is 1.45. The van der Waals surface area contributed by atoms with Crippen LogP contribution in [-0.4, -0.2) is 50.8 Å². The monoisotopic (exact) mass is 455 g/mol. The van der Waals surface area contributed by atoms with Gasteiger partial charge in [0.25, 0.3) is 0 Å². The van der Waals surface area contributed by atoms with E-state index in [4.69, 9.17) is 14.2 Å². The molecular formula is C25H33N3O5. The third-order valence-corrected chi connectivity index (χ3v) is 6.12. The van der Waals surface area contributed by atoms with E-state index < -0.39 is 6.04 Å². The van der Waals surface area contributed by atoms with E-state index in [2.05, 4.69) is 10.6 Å². The van der Waals surface area contributed by atoms with E-state index in [1.165, 1.54) is 0 Å². The van der Waals surface area contributed by atoms with Crippen molar-refractivity contribution in [2.45, 2.75) is 39.3 Å². The Hall–Kier alpha value is -3.42.